The third-order valence-corrected chi connectivity index (χ3v) is 3.80. The average molecular weight is 273 g/mol. The lowest BCUT2D eigenvalue weighted by molar-refractivity contribution is 0.107. The zero-order valence-electron chi connectivity index (χ0n) is 11.6. The number of methoxy groups -OCH3 is 1. The van der Waals surface area contributed by atoms with Gasteiger partial charge in [-0.25, -0.2) is 0 Å². The highest BCUT2D eigenvalue weighted by Gasteiger charge is 2.24. The fraction of sp³-hybridized carbons (Fsp3) is 0.500. The van der Waals surface area contributed by atoms with Crippen LogP contribution in [0.1, 0.15) is 25.1 Å². The van der Waals surface area contributed by atoms with E-state index in [0.29, 0.717) is 18.7 Å². The lowest BCUT2D eigenvalue weighted by Crippen LogP contribution is -2.28. The average Bonchev–Trinajstić information content (AvgIpc) is 3.15. The topological polar surface area (TPSA) is 64.9 Å². The molecule has 0 radical (unpaired) electrons. The monoisotopic (exact) mass is 273 g/mol. The molecule has 0 bridgehead atoms. The van der Waals surface area contributed by atoms with E-state index in [4.69, 9.17) is 4.74 Å². The lowest BCUT2D eigenvalue weighted by Gasteiger charge is -2.12. The van der Waals surface area contributed by atoms with Gasteiger partial charge in [-0.1, -0.05) is 18.2 Å². The number of ether oxygens (including phenoxy) is 1. The molecule has 20 heavy (non-hydrogen) atoms. The van der Waals surface area contributed by atoms with Crippen molar-refractivity contribution in [2.75, 3.05) is 7.11 Å². The molecule has 1 aromatic carbocycles. The molecule has 3 rings (SSSR count). The quantitative estimate of drug-likeness (QED) is 0.890. The van der Waals surface area contributed by atoms with Crippen LogP contribution in [0.4, 0.5) is 0 Å². The van der Waals surface area contributed by atoms with Crippen LogP contribution >= 0.6 is 0 Å². The molecular weight excluding hydrogens is 254 g/mol. The number of para-hydroxylation sites is 1. The van der Waals surface area contributed by atoms with Crippen LogP contribution in [0.25, 0.3) is 5.69 Å². The predicted octanol–water partition coefficient (Wildman–Crippen LogP) is 1.32. The van der Waals surface area contributed by atoms with Gasteiger partial charge in [-0.2, -0.15) is 4.68 Å². The second-order valence-corrected chi connectivity index (χ2v) is 5.09. The van der Waals surface area contributed by atoms with Gasteiger partial charge in [0.1, 0.15) is 0 Å². The number of aromatic nitrogens is 4. The molecule has 1 N–H and O–H groups in total. The normalized spacial score (nSPS) is 22.2. The van der Waals surface area contributed by atoms with Crippen LogP contribution in [0.5, 0.6) is 0 Å². The van der Waals surface area contributed by atoms with Crippen LogP contribution in [0, 0.1) is 0 Å². The molecule has 106 valence electrons. The second-order valence-electron chi connectivity index (χ2n) is 5.09. The van der Waals surface area contributed by atoms with Crippen LogP contribution in [-0.2, 0) is 11.3 Å². The summed E-state index contributed by atoms with van der Waals surface area (Å²) in [5.41, 5.74) is 0.982. The smallest absolute Gasteiger partial charge is 0.170 e. The zero-order valence-corrected chi connectivity index (χ0v) is 11.6. The molecule has 0 spiro atoms. The molecule has 1 fully saturated rings. The molecule has 0 aliphatic heterocycles. The molecule has 1 aliphatic rings. The van der Waals surface area contributed by atoms with Crippen LogP contribution in [0.15, 0.2) is 30.3 Å². The van der Waals surface area contributed by atoms with Gasteiger partial charge >= 0.3 is 0 Å². The molecular formula is C14H19N5O. The van der Waals surface area contributed by atoms with Crippen LogP contribution in [-0.4, -0.2) is 39.5 Å². The maximum Gasteiger partial charge on any atom is 0.170 e. The molecule has 6 heteroatoms. The number of hydrogen-bond donors (Lipinski definition) is 1. The van der Waals surface area contributed by atoms with Gasteiger partial charge in [-0.05, 0) is 41.8 Å². The van der Waals surface area contributed by atoms with Crippen molar-refractivity contribution < 1.29 is 4.74 Å². The van der Waals surface area contributed by atoms with E-state index in [1.807, 2.05) is 30.3 Å². The fourth-order valence-electron chi connectivity index (χ4n) is 2.66. The van der Waals surface area contributed by atoms with Gasteiger partial charge in [0.15, 0.2) is 5.82 Å². The van der Waals surface area contributed by atoms with Crippen molar-refractivity contribution in [3.05, 3.63) is 36.2 Å². The van der Waals surface area contributed by atoms with Crippen molar-refractivity contribution in [2.24, 2.45) is 0 Å². The molecule has 1 aromatic heterocycles. The summed E-state index contributed by atoms with van der Waals surface area (Å²) in [6.45, 7) is 0.670. The summed E-state index contributed by atoms with van der Waals surface area (Å²) in [6.07, 6.45) is 3.71. The summed E-state index contributed by atoms with van der Waals surface area (Å²) in [6, 6.07) is 10.4. The third kappa shape index (κ3) is 2.86. The number of tetrazole rings is 1. The van der Waals surface area contributed by atoms with Crippen molar-refractivity contribution in [2.45, 2.75) is 38.0 Å². The minimum absolute atomic E-state index is 0.387. The third-order valence-electron chi connectivity index (χ3n) is 3.80. The number of nitrogens with zero attached hydrogens (tertiary/aromatic N) is 4. The molecule has 2 unspecified atom stereocenters. The van der Waals surface area contributed by atoms with Crippen LogP contribution in [0.3, 0.4) is 0 Å². The van der Waals surface area contributed by atoms with Crippen molar-refractivity contribution in [1.82, 2.24) is 25.5 Å². The van der Waals surface area contributed by atoms with Crippen LogP contribution in [0.2, 0.25) is 0 Å². The summed E-state index contributed by atoms with van der Waals surface area (Å²) in [7, 11) is 1.78. The summed E-state index contributed by atoms with van der Waals surface area (Å²) < 4.78 is 7.16. The first-order chi connectivity index (χ1) is 9.86. The fourth-order valence-corrected chi connectivity index (χ4v) is 2.66. The largest absolute Gasteiger partial charge is 0.381 e. The SMILES string of the molecule is COC1CCC(NCc2nnnn2-c2ccccc2)C1. The van der Waals surface area contributed by atoms with Crippen molar-refractivity contribution in [3.63, 3.8) is 0 Å². The van der Waals surface area contributed by atoms with E-state index in [9.17, 15) is 0 Å². The zero-order chi connectivity index (χ0) is 13.8. The maximum absolute atomic E-state index is 5.39. The Balaban J connectivity index is 1.63. The van der Waals surface area contributed by atoms with Gasteiger partial charge in [-0.15, -0.1) is 5.10 Å². The van der Waals surface area contributed by atoms with Gasteiger partial charge in [0, 0.05) is 13.2 Å². The van der Waals surface area contributed by atoms with E-state index < -0.39 is 0 Å². The molecule has 0 saturated heterocycles. The Morgan fingerprint density at radius 2 is 2.15 bits per heavy atom. The Kier molecular flexibility index (Phi) is 4.03. The summed E-state index contributed by atoms with van der Waals surface area (Å²) in [5.74, 6) is 0.831. The van der Waals surface area contributed by atoms with Crippen molar-refractivity contribution in [1.29, 1.82) is 0 Å². The Morgan fingerprint density at radius 1 is 1.30 bits per heavy atom. The number of rotatable bonds is 5. The van der Waals surface area contributed by atoms with Gasteiger partial charge in [-0.3, -0.25) is 0 Å². The minimum atomic E-state index is 0.387. The standard InChI is InChI=1S/C14H19N5O/c1-20-13-8-7-11(9-13)15-10-14-16-17-18-19(14)12-5-3-2-4-6-12/h2-6,11,13,15H,7-10H2,1H3. The molecule has 1 heterocycles. The number of nitrogens with one attached hydrogen (secondary N) is 1. The van der Waals surface area contributed by atoms with Gasteiger partial charge < -0.3 is 10.1 Å². The van der Waals surface area contributed by atoms with E-state index in [1.54, 1.807) is 11.8 Å². The van der Waals surface area contributed by atoms with Gasteiger partial charge in [0.2, 0.25) is 0 Å². The Bertz CT molecular complexity index is 542. The maximum atomic E-state index is 5.39. The Morgan fingerprint density at radius 3 is 2.90 bits per heavy atom. The minimum Gasteiger partial charge on any atom is -0.381 e. The molecule has 2 atom stereocenters. The highest BCUT2D eigenvalue weighted by Crippen LogP contribution is 2.21. The first-order valence-corrected chi connectivity index (χ1v) is 6.95. The highest BCUT2D eigenvalue weighted by atomic mass is 16.5. The number of hydrogen-bond acceptors (Lipinski definition) is 5. The van der Waals surface area contributed by atoms with Gasteiger partial charge in [0.05, 0.1) is 18.3 Å². The lowest BCUT2D eigenvalue weighted by atomic mass is 10.2. The Labute approximate surface area is 118 Å². The van der Waals surface area contributed by atoms with E-state index in [1.165, 1.54) is 0 Å². The van der Waals surface area contributed by atoms with Crippen LogP contribution < -0.4 is 5.32 Å². The summed E-state index contributed by atoms with van der Waals surface area (Å²) in [5, 5.41) is 15.4. The first-order valence-electron chi connectivity index (χ1n) is 6.95. The van der Waals surface area contributed by atoms with Crippen molar-refractivity contribution >= 4 is 0 Å². The molecule has 6 nitrogen and oxygen atoms in total. The van der Waals surface area contributed by atoms with E-state index in [0.717, 1.165) is 30.8 Å². The van der Waals surface area contributed by atoms with E-state index in [2.05, 4.69) is 20.8 Å². The molecule has 0 amide bonds. The Hall–Kier alpha value is -1.79. The van der Waals surface area contributed by atoms with E-state index >= 15 is 0 Å². The number of benzene rings is 1. The van der Waals surface area contributed by atoms with Gasteiger partial charge in [0.25, 0.3) is 0 Å². The van der Waals surface area contributed by atoms with E-state index in [-0.39, 0.29) is 0 Å². The molecule has 1 saturated carbocycles. The van der Waals surface area contributed by atoms with Crippen molar-refractivity contribution in [3.8, 4) is 5.69 Å². The second kappa shape index (κ2) is 6.11. The highest BCUT2D eigenvalue weighted by molar-refractivity contribution is 5.30. The molecule has 1 aliphatic carbocycles. The summed E-state index contributed by atoms with van der Waals surface area (Å²) in [4.78, 5) is 0. The first kappa shape index (κ1) is 13.2. The predicted molar refractivity (Wildman–Crippen MR) is 74.4 cm³/mol. The molecule has 2 aromatic rings. The summed E-state index contributed by atoms with van der Waals surface area (Å²) >= 11 is 0.